The summed E-state index contributed by atoms with van der Waals surface area (Å²) in [6, 6.07) is 5.72. The summed E-state index contributed by atoms with van der Waals surface area (Å²) in [4.78, 5) is 34.6. The second-order valence-corrected chi connectivity index (χ2v) is 11.9. The highest BCUT2D eigenvalue weighted by molar-refractivity contribution is 5.93. The molecule has 0 radical (unpaired) electrons. The molecule has 4 aliphatic carbocycles. The molecule has 3 atom stereocenters. The Balaban J connectivity index is 1.25. The van der Waals surface area contributed by atoms with Crippen molar-refractivity contribution in [3.8, 4) is 0 Å². The number of anilines is 1. The van der Waals surface area contributed by atoms with E-state index in [2.05, 4.69) is 17.1 Å². The summed E-state index contributed by atoms with van der Waals surface area (Å²) >= 11 is 0. The van der Waals surface area contributed by atoms with E-state index in [4.69, 9.17) is 4.98 Å². The number of piperazine rings is 1. The van der Waals surface area contributed by atoms with Crippen molar-refractivity contribution in [3.05, 3.63) is 23.9 Å². The number of aliphatic hydroxyl groups is 2. The summed E-state index contributed by atoms with van der Waals surface area (Å²) in [7, 11) is 0. The highest BCUT2D eigenvalue weighted by Crippen LogP contribution is 2.55. The van der Waals surface area contributed by atoms with Gasteiger partial charge in [-0.15, -0.1) is 0 Å². The molecule has 1 saturated heterocycles. The Kier molecular flexibility index (Phi) is 5.88. The van der Waals surface area contributed by atoms with E-state index in [9.17, 15) is 19.8 Å². The lowest BCUT2D eigenvalue weighted by atomic mass is 9.52. The first-order valence-corrected chi connectivity index (χ1v) is 12.8. The van der Waals surface area contributed by atoms with Crippen molar-refractivity contribution in [2.75, 3.05) is 31.1 Å². The fourth-order valence-corrected chi connectivity index (χ4v) is 7.13. The Labute approximate surface area is 201 Å². The highest BCUT2D eigenvalue weighted by atomic mass is 16.3. The molecule has 8 heteroatoms. The van der Waals surface area contributed by atoms with Gasteiger partial charge < -0.3 is 25.3 Å². The molecule has 186 valence electrons. The average Bonchev–Trinajstić information content (AvgIpc) is 2.79. The standard InChI is InChI=1S/C26H38N4O4/c1-16-14-29(24(33)25(2,3)15-31)7-8-30(16)21-6-4-5-20(27-21)23(32)28-22-18-9-17-10-19(22)13-26(34,11-17)12-18/h4-6,16-19,22,31,34H,7-15H2,1-3H3,(H,28,32). The van der Waals surface area contributed by atoms with E-state index in [0.29, 0.717) is 43.1 Å². The number of aromatic nitrogens is 1. The average molecular weight is 471 g/mol. The first-order valence-electron chi connectivity index (χ1n) is 12.8. The number of carbonyl (C=O) groups is 2. The van der Waals surface area contributed by atoms with Gasteiger partial charge in [0.25, 0.3) is 5.91 Å². The number of hydrogen-bond donors (Lipinski definition) is 3. The molecule has 1 aliphatic heterocycles. The molecule has 3 N–H and O–H groups in total. The molecular formula is C26H38N4O4. The lowest BCUT2D eigenvalue weighted by molar-refractivity contribution is -0.143. The van der Waals surface area contributed by atoms with Gasteiger partial charge in [-0.2, -0.15) is 0 Å². The third kappa shape index (κ3) is 4.19. The number of amides is 2. The van der Waals surface area contributed by atoms with Gasteiger partial charge in [-0.1, -0.05) is 6.07 Å². The van der Waals surface area contributed by atoms with Gasteiger partial charge in [-0.25, -0.2) is 4.98 Å². The monoisotopic (exact) mass is 470 g/mol. The normalized spacial score (nSPS) is 34.9. The van der Waals surface area contributed by atoms with Crippen molar-refractivity contribution in [2.24, 2.45) is 23.2 Å². The number of nitrogens with zero attached hydrogens (tertiary/aromatic N) is 3. The first-order chi connectivity index (χ1) is 16.1. The van der Waals surface area contributed by atoms with E-state index < -0.39 is 11.0 Å². The molecule has 4 saturated carbocycles. The van der Waals surface area contributed by atoms with Gasteiger partial charge in [0.2, 0.25) is 5.91 Å². The molecule has 6 rings (SSSR count). The minimum Gasteiger partial charge on any atom is -0.395 e. The van der Waals surface area contributed by atoms with Crippen LogP contribution in [0, 0.1) is 23.2 Å². The van der Waals surface area contributed by atoms with Gasteiger partial charge in [-0.3, -0.25) is 9.59 Å². The summed E-state index contributed by atoms with van der Waals surface area (Å²) in [6.45, 7) is 7.13. The maximum absolute atomic E-state index is 13.2. The molecule has 5 aliphatic rings. The Morgan fingerprint density at radius 3 is 2.50 bits per heavy atom. The Hall–Kier alpha value is -2.19. The molecule has 0 spiro atoms. The molecule has 8 nitrogen and oxygen atoms in total. The summed E-state index contributed by atoms with van der Waals surface area (Å²) in [5.41, 5.74) is -0.884. The second kappa shape index (κ2) is 8.48. The van der Waals surface area contributed by atoms with Crippen LogP contribution in [-0.2, 0) is 4.79 Å². The van der Waals surface area contributed by atoms with E-state index >= 15 is 0 Å². The largest absolute Gasteiger partial charge is 0.395 e. The topological polar surface area (TPSA) is 106 Å². The van der Waals surface area contributed by atoms with Gasteiger partial charge in [0.1, 0.15) is 11.5 Å². The third-order valence-electron chi connectivity index (χ3n) is 8.69. The molecule has 4 bridgehead atoms. The number of carbonyl (C=O) groups excluding carboxylic acids is 2. The summed E-state index contributed by atoms with van der Waals surface area (Å²) in [5, 5.41) is 23.6. The van der Waals surface area contributed by atoms with Gasteiger partial charge in [-0.05, 0) is 82.8 Å². The summed E-state index contributed by atoms with van der Waals surface area (Å²) < 4.78 is 0. The fraction of sp³-hybridized carbons (Fsp3) is 0.731. The van der Waals surface area contributed by atoms with E-state index in [0.717, 1.165) is 37.9 Å². The number of aliphatic hydroxyl groups excluding tert-OH is 1. The van der Waals surface area contributed by atoms with Crippen LogP contribution in [0.1, 0.15) is 63.4 Å². The number of rotatable bonds is 5. The summed E-state index contributed by atoms with van der Waals surface area (Å²) in [6.07, 6.45) is 4.73. The molecule has 1 aromatic heterocycles. The molecule has 5 fully saturated rings. The molecule has 34 heavy (non-hydrogen) atoms. The predicted octanol–water partition coefficient (Wildman–Crippen LogP) is 1.81. The Morgan fingerprint density at radius 2 is 1.88 bits per heavy atom. The van der Waals surface area contributed by atoms with Crippen LogP contribution >= 0.6 is 0 Å². The zero-order valence-electron chi connectivity index (χ0n) is 20.5. The quantitative estimate of drug-likeness (QED) is 0.606. The number of hydrogen-bond acceptors (Lipinski definition) is 6. The molecule has 1 aromatic rings. The van der Waals surface area contributed by atoms with Crippen molar-refractivity contribution in [1.29, 1.82) is 0 Å². The number of pyridine rings is 1. The third-order valence-corrected chi connectivity index (χ3v) is 8.69. The van der Waals surface area contributed by atoms with Gasteiger partial charge in [0, 0.05) is 31.7 Å². The lowest BCUT2D eigenvalue weighted by Crippen LogP contribution is -2.61. The van der Waals surface area contributed by atoms with Crippen molar-refractivity contribution in [2.45, 2.75) is 70.6 Å². The van der Waals surface area contributed by atoms with Crippen LogP contribution in [-0.4, -0.2) is 75.8 Å². The lowest BCUT2D eigenvalue weighted by Gasteiger charge is -2.58. The van der Waals surface area contributed by atoms with Crippen molar-refractivity contribution >= 4 is 17.6 Å². The molecule has 2 amide bonds. The maximum Gasteiger partial charge on any atom is 0.270 e. The highest BCUT2D eigenvalue weighted by Gasteiger charge is 2.55. The van der Waals surface area contributed by atoms with Crippen molar-refractivity contribution in [1.82, 2.24) is 15.2 Å². The SMILES string of the molecule is CC1CN(C(=O)C(C)(C)CO)CCN1c1cccc(C(=O)NC2C3CC4CC2CC(O)(C4)C3)n1. The summed E-state index contributed by atoms with van der Waals surface area (Å²) in [5.74, 6) is 1.88. The van der Waals surface area contributed by atoms with Crippen LogP contribution in [0.15, 0.2) is 18.2 Å². The second-order valence-electron chi connectivity index (χ2n) is 11.9. The predicted molar refractivity (Wildman–Crippen MR) is 128 cm³/mol. The van der Waals surface area contributed by atoms with Gasteiger partial charge >= 0.3 is 0 Å². The molecular weight excluding hydrogens is 432 g/mol. The Morgan fingerprint density at radius 1 is 1.18 bits per heavy atom. The van der Waals surface area contributed by atoms with E-state index in [1.165, 1.54) is 0 Å². The van der Waals surface area contributed by atoms with Crippen LogP contribution in [0.25, 0.3) is 0 Å². The van der Waals surface area contributed by atoms with Gasteiger partial charge in [0.15, 0.2) is 0 Å². The van der Waals surface area contributed by atoms with E-state index in [-0.39, 0.29) is 30.5 Å². The van der Waals surface area contributed by atoms with E-state index in [1.54, 1.807) is 19.9 Å². The minimum atomic E-state index is -0.786. The zero-order chi connectivity index (χ0) is 24.3. The van der Waals surface area contributed by atoms with Crippen LogP contribution in [0.5, 0.6) is 0 Å². The molecule has 0 aromatic carbocycles. The smallest absolute Gasteiger partial charge is 0.270 e. The number of nitrogens with one attached hydrogen (secondary N) is 1. The van der Waals surface area contributed by atoms with Gasteiger partial charge in [0.05, 0.1) is 17.6 Å². The van der Waals surface area contributed by atoms with Crippen LogP contribution in [0.3, 0.4) is 0 Å². The van der Waals surface area contributed by atoms with Crippen LogP contribution in [0.4, 0.5) is 5.82 Å². The van der Waals surface area contributed by atoms with Crippen LogP contribution in [0.2, 0.25) is 0 Å². The minimum absolute atomic E-state index is 0.0390. The maximum atomic E-state index is 13.2. The molecule has 3 unspecified atom stereocenters. The van der Waals surface area contributed by atoms with E-state index in [1.807, 2.05) is 17.0 Å². The van der Waals surface area contributed by atoms with Crippen molar-refractivity contribution in [3.63, 3.8) is 0 Å². The first kappa shape index (κ1) is 23.5. The fourth-order valence-electron chi connectivity index (χ4n) is 7.13. The van der Waals surface area contributed by atoms with Crippen LogP contribution < -0.4 is 10.2 Å². The molecule has 2 heterocycles. The Bertz CT molecular complexity index is 950. The van der Waals surface area contributed by atoms with Crippen molar-refractivity contribution < 1.29 is 19.8 Å². The zero-order valence-corrected chi connectivity index (χ0v) is 20.5.